The van der Waals surface area contributed by atoms with Gasteiger partial charge in [-0.25, -0.2) is 0 Å². The summed E-state index contributed by atoms with van der Waals surface area (Å²) >= 11 is 1.30. The van der Waals surface area contributed by atoms with Crippen molar-refractivity contribution in [3.63, 3.8) is 0 Å². The summed E-state index contributed by atoms with van der Waals surface area (Å²) in [7, 11) is 1.55. The van der Waals surface area contributed by atoms with Crippen LogP contribution in [0.4, 0.5) is 5.13 Å². The molecule has 162 valence electrons. The molecule has 8 heteroatoms. The third-order valence-corrected chi connectivity index (χ3v) is 5.77. The van der Waals surface area contributed by atoms with E-state index >= 15 is 0 Å². The number of pyridine rings is 1. The maximum Gasteiger partial charge on any atom is 0.257 e. The number of benzene rings is 2. The van der Waals surface area contributed by atoms with Gasteiger partial charge in [-0.2, -0.15) is 0 Å². The van der Waals surface area contributed by atoms with Gasteiger partial charge in [0.1, 0.15) is 11.1 Å². The minimum absolute atomic E-state index is 0.166. The van der Waals surface area contributed by atoms with E-state index in [2.05, 4.69) is 20.5 Å². The van der Waals surface area contributed by atoms with E-state index in [0.29, 0.717) is 22.2 Å². The quantitative estimate of drug-likeness (QED) is 0.414. The molecule has 4 rings (SSSR count). The van der Waals surface area contributed by atoms with Crippen LogP contribution in [0.2, 0.25) is 0 Å². The van der Waals surface area contributed by atoms with Gasteiger partial charge < -0.3 is 9.47 Å². The summed E-state index contributed by atoms with van der Waals surface area (Å²) in [6, 6.07) is 16.9. The molecule has 0 unspecified atom stereocenters. The van der Waals surface area contributed by atoms with E-state index in [4.69, 9.17) is 9.47 Å². The van der Waals surface area contributed by atoms with E-state index in [1.165, 1.54) is 11.3 Å². The van der Waals surface area contributed by atoms with E-state index in [9.17, 15) is 4.79 Å². The Balaban J connectivity index is 1.48. The predicted octanol–water partition coefficient (Wildman–Crippen LogP) is 5.31. The summed E-state index contributed by atoms with van der Waals surface area (Å²) < 4.78 is 11.5. The van der Waals surface area contributed by atoms with Crippen LogP contribution in [0.15, 0.2) is 67.0 Å². The molecule has 7 nitrogen and oxygen atoms in total. The van der Waals surface area contributed by atoms with Gasteiger partial charge in [0.2, 0.25) is 5.13 Å². The predicted molar refractivity (Wildman–Crippen MR) is 124 cm³/mol. The summed E-state index contributed by atoms with van der Waals surface area (Å²) in [5.74, 6) is 0.734. The Morgan fingerprint density at radius 2 is 1.88 bits per heavy atom. The number of aromatic nitrogens is 3. The first-order valence-electron chi connectivity index (χ1n) is 10.0. The van der Waals surface area contributed by atoms with E-state index in [0.717, 1.165) is 21.7 Å². The number of hydrogen-bond acceptors (Lipinski definition) is 7. The lowest BCUT2D eigenvalue weighted by molar-refractivity contribution is 0.102. The van der Waals surface area contributed by atoms with Crippen LogP contribution < -0.4 is 14.8 Å². The molecule has 0 aliphatic carbocycles. The standard InChI is InChI=1S/C24H22N4O3S/c1-15-14-25-12-11-19(15)23-27-28-24(32-23)26-22(29)18-9-10-20(21(13-18)30-3)31-16(2)17-7-5-4-6-8-17/h4-14,16H,1-3H3,(H,26,28,29)/t16-/m0/s1. The number of carbonyl (C=O) groups is 1. The van der Waals surface area contributed by atoms with Crippen molar-refractivity contribution in [1.29, 1.82) is 0 Å². The van der Waals surface area contributed by atoms with Crippen LogP contribution in [-0.2, 0) is 0 Å². The number of aryl methyl sites for hydroxylation is 1. The SMILES string of the molecule is COc1cc(C(=O)Nc2nnc(-c3ccncc3C)s2)ccc1O[C@@H](C)c1ccccc1. The van der Waals surface area contributed by atoms with Gasteiger partial charge in [-0.05, 0) is 49.2 Å². The Morgan fingerprint density at radius 3 is 2.62 bits per heavy atom. The van der Waals surface area contributed by atoms with Crippen molar-refractivity contribution in [2.24, 2.45) is 0 Å². The first kappa shape index (κ1) is 21.5. The maximum absolute atomic E-state index is 12.8. The molecule has 0 saturated heterocycles. The maximum atomic E-state index is 12.8. The number of ether oxygens (including phenoxy) is 2. The zero-order valence-corrected chi connectivity index (χ0v) is 18.7. The van der Waals surface area contributed by atoms with E-state index in [-0.39, 0.29) is 12.0 Å². The van der Waals surface area contributed by atoms with Crippen molar-refractivity contribution < 1.29 is 14.3 Å². The van der Waals surface area contributed by atoms with Crippen molar-refractivity contribution in [3.8, 4) is 22.1 Å². The highest BCUT2D eigenvalue weighted by Crippen LogP contribution is 2.33. The van der Waals surface area contributed by atoms with Gasteiger partial charge in [0.05, 0.1) is 7.11 Å². The smallest absolute Gasteiger partial charge is 0.257 e. The van der Waals surface area contributed by atoms with Crippen molar-refractivity contribution in [2.45, 2.75) is 20.0 Å². The molecule has 1 N–H and O–H groups in total. The molecule has 0 aliphatic rings. The van der Waals surface area contributed by atoms with E-state index < -0.39 is 0 Å². The summed E-state index contributed by atoms with van der Waals surface area (Å²) in [5, 5.41) is 12.2. The highest BCUT2D eigenvalue weighted by atomic mass is 32.1. The molecule has 0 radical (unpaired) electrons. The lowest BCUT2D eigenvalue weighted by Crippen LogP contribution is -2.12. The molecule has 0 aliphatic heterocycles. The monoisotopic (exact) mass is 446 g/mol. The first-order chi connectivity index (χ1) is 15.5. The van der Waals surface area contributed by atoms with Gasteiger partial charge in [-0.1, -0.05) is 41.7 Å². The second kappa shape index (κ2) is 9.57. The summed E-state index contributed by atoms with van der Waals surface area (Å²) in [6.07, 6.45) is 3.31. The van der Waals surface area contributed by atoms with E-state index in [1.54, 1.807) is 37.7 Å². The fraction of sp³-hybridized carbons (Fsp3) is 0.167. The summed E-state index contributed by atoms with van der Waals surface area (Å²) in [5.41, 5.74) is 3.41. The molecular weight excluding hydrogens is 424 g/mol. The fourth-order valence-electron chi connectivity index (χ4n) is 3.15. The van der Waals surface area contributed by atoms with Crippen molar-refractivity contribution in [3.05, 3.63) is 83.7 Å². The first-order valence-corrected chi connectivity index (χ1v) is 10.8. The third-order valence-electron chi connectivity index (χ3n) is 4.89. The molecule has 4 aromatic rings. The van der Waals surface area contributed by atoms with Gasteiger partial charge in [0.25, 0.3) is 5.91 Å². The fourth-order valence-corrected chi connectivity index (χ4v) is 3.98. The number of anilines is 1. The number of rotatable bonds is 7. The number of amides is 1. The molecule has 1 atom stereocenters. The lowest BCUT2D eigenvalue weighted by Gasteiger charge is -2.17. The van der Waals surface area contributed by atoms with Crippen molar-refractivity contribution >= 4 is 22.4 Å². The second-order valence-corrected chi connectivity index (χ2v) is 8.07. The molecule has 2 aromatic carbocycles. The molecule has 0 saturated carbocycles. The van der Waals surface area contributed by atoms with Gasteiger partial charge in [-0.15, -0.1) is 10.2 Å². The topological polar surface area (TPSA) is 86.2 Å². The number of nitrogens with one attached hydrogen (secondary N) is 1. The Kier molecular flexibility index (Phi) is 6.42. The number of methoxy groups -OCH3 is 1. The highest BCUT2D eigenvalue weighted by molar-refractivity contribution is 7.18. The Hall–Kier alpha value is -3.78. The molecule has 32 heavy (non-hydrogen) atoms. The second-order valence-electron chi connectivity index (χ2n) is 7.09. The molecule has 0 bridgehead atoms. The normalized spacial score (nSPS) is 11.6. The molecule has 2 aromatic heterocycles. The number of carbonyl (C=O) groups excluding carboxylic acids is 1. The zero-order chi connectivity index (χ0) is 22.5. The van der Waals surface area contributed by atoms with Crippen LogP contribution >= 0.6 is 11.3 Å². The number of nitrogens with zero attached hydrogens (tertiary/aromatic N) is 3. The lowest BCUT2D eigenvalue weighted by atomic mass is 10.1. The van der Waals surface area contributed by atoms with Crippen LogP contribution in [-0.4, -0.2) is 28.2 Å². The van der Waals surface area contributed by atoms with Crippen molar-refractivity contribution in [1.82, 2.24) is 15.2 Å². The van der Waals surface area contributed by atoms with E-state index in [1.807, 2.05) is 50.2 Å². The molecular formula is C24H22N4O3S. The zero-order valence-electron chi connectivity index (χ0n) is 17.9. The highest BCUT2D eigenvalue weighted by Gasteiger charge is 2.16. The van der Waals surface area contributed by atoms with Crippen molar-refractivity contribution in [2.75, 3.05) is 12.4 Å². The Labute approximate surface area is 190 Å². The van der Waals surface area contributed by atoms with Gasteiger partial charge in [-0.3, -0.25) is 15.1 Å². The molecule has 1 amide bonds. The number of hydrogen-bond donors (Lipinski definition) is 1. The largest absolute Gasteiger partial charge is 0.493 e. The molecule has 0 spiro atoms. The van der Waals surface area contributed by atoms with Gasteiger partial charge >= 0.3 is 0 Å². The summed E-state index contributed by atoms with van der Waals surface area (Å²) in [4.78, 5) is 16.9. The summed E-state index contributed by atoms with van der Waals surface area (Å²) in [6.45, 7) is 3.92. The van der Waals surface area contributed by atoms with Crippen LogP contribution in [0.1, 0.15) is 34.5 Å². The average Bonchev–Trinajstić information content (AvgIpc) is 3.28. The Morgan fingerprint density at radius 1 is 1.06 bits per heavy atom. The van der Waals surface area contributed by atoms with Crippen LogP contribution in [0.25, 0.3) is 10.6 Å². The van der Waals surface area contributed by atoms with Crippen LogP contribution in [0.5, 0.6) is 11.5 Å². The van der Waals surface area contributed by atoms with Gasteiger partial charge in [0, 0.05) is 23.5 Å². The molecule has 0 fully saturated rings. The minimum Gasteiger partial charge on any atom is -0.493 e. The average molecular weight is 447 g/mol. The van der Waals surface area contributed by atoms with Gasteiger partial charge in [0.15, 0.2) is 11.5 Å². The van der Waals surface area contributed by atoms with Crippen LogP contribution in [0, 0.1) is 6.92 Å². The Bertz CT molecular complexity index is 1230. The van der Waals surface area contributed by atoms with Crippen LogP contribution in [0.3, 0.4) is 0 Å². The third kappa shape index (κ3) is 4.76. The minimum atomic E-state index is -0.305. The molecule has 2 heterocycles.